The first-order valence-corrected chi connectivity index (χ1v) is 10.9. The Morgan fingerprint density at radius 1 is 1.29 bits per heavy atom. The van der Waals surface area contributed by atoms with Crippen molar-refractivity contribution in [2.45, 2.75) is 72.4 Å². The summed E-state index contributed by atoms with van der Waals surface area (Å²) in [5, 5.41) is 6.94. The number of hydrogen-bond donors (Lipinski definition) is 2. The number of nitrogens with zero attached hydrogens (tertiary/aromatic N) is 3. The minimum atomic E-state index is -0.471. The Morgan fingerprint density at radius 3 is 2.46 bits per heavy atom. The molecule has 1 aliphatic heterocycles. The number of likely N-dealkylation sites (tertiary alicyclic amines) is 1. The number of aliphatic imine (C=N–C) groups is 1. The van der Waals surface area contributed by atoms with Crippen LogP contribution in [0.25, 0.3) is 0 Å². The van der Waals surface area contributed by atoms with Crippen LogP contribution in [0.3, 0.4) is 0 Å². The molecule has 164 valence electrons. The third kappa shape index (κ3) is 10.2. The van der Waals surface area contributed by atoms with Crippen molar-refractivity contribution in [1.29, 1.82) is 0 Å². The van der Waals surface area contributed by atoms with Crippen molar-refractivity contribution in [3.05, 3.63) is 0 Å². The molecule has 7 nitrogen and oxygen atoms in total. The van der Waals surface area contributed by atoms with Crippen molar-refractivity contribution in [2.24, 2.45) is 10.9 Å². The van der Waals surface area contributed by atoms with Crippen molar-refractivity contribution in [1.82, 2.24) is 20.4 Å². The minimum absolute atomic E-state index is 0.249. The normalized spacial score (nSPS) is 17.9. The van der Waals surface area contributed by atoms with E-state index in [-0.39, 0.29) is 12.0 Å². The highest BCUT2D eigenvalue weighted by Gasteiger charge is 2.21. The van der Waals surface area contributed by atoms with Gasteiger partial charge in [0.05, 0.1) is 0 Å². The van der Waals surface area contributed by atoms with Crippen LogP contribution in [-0.4, -0.2) is 79.8 Å². The van der Waals surface area contributed by atoms with Crippen molar-refractivity contribution in [3.63, 3.8) is 0 Å². The summed E-state index contributed by atoms with van der Waals surface area (Å²) in [6.07, 6.45) is 3.24. The molecule has 0 spiro atoms. The molecule has 28 heavy (non-hydrogen) atoms. The number of amides is 1. The van der Waals surface area contributed by atoms with E-state index in [4.69, 9.17) is 9.73 Å². The van der Waals surface area contributed by atoms with Gasteiger partial charge in [-0.15, -0.1) is 0 Å². The number of carbonyl (C=O) groups is 1. The van der Waals surface area contributed by atoms with Crippen LogP contribution in [0, 0.1) is 5.92 Å². The number of carbonyl (C=O) groups excluding carboxylic acids is 1. The maximum absolute atomic E-state index is 12.1. The summed E-state index contributed by atoms with van der Waals surface area (Å²) in [4.78, 5) is 21.0. The fourth-order valence-electron chi connectivity index (χ4n) is 3.32. The average molecular weight is 398 g/mol. The molecule has 0 aromatic rings. The third-order valence-electron chi connectivity index (χ3n) is 4.66. The van der Waals surface area contributed by atoms with E-state index in [0.717, 1.165) is 38.4 Å². The van der Waals surface area contributed by atoms with Crippen LogP contribution in [0.15, 0.2) is 4.99 Å². The van der Waals surface area contributed by atoms with E-state index in [0.29, 0.717) is 19.1 Å². The standard InChI is InChI=1S/C21H43N5O2/c1-8-12-26-13-10-18(11-14-26)24-19(22-9-2)23-15-17(3)16-25(7)20(27)28-21(4,5)6/h17-18H,8-16H2,1-7H3,(H2,22,23,24). The van der Waals surface area contributed by atoms with Gasteiger partial charge in [-0.25, -0.2) is 4.79 Å². The maximum Gasteiger partial charge on any atom is 0.410 e. The van der Waals surface area contributed by atoms with E-state index in [1.165, 1.54) is 13.0 Å². The van der Waals surface area contributed by atoms with Gasteiger partial charge in [-0.05, 0) is 59.4 Å². The number of piperidine rings is 1. The van der Waals surface area contributed by atoms with Crippen molar-refractivity contribution in [2.75, 3.05) is 46.3 Å². The fourth-order valence-corrected chi connectivity index (χ4v) is 3.32. The molecule has 1 saturated heterocycles. The Balaban J connectivity index is 2.47. The summed E-state index contributed by atoms with van der Waals surface area (Å²) in [6.45, 7) is 17.7. The second-order valence-corrected chi connectivity index (χ2v) is 8.95. The van der Waals surface area contributed by atoms with Gasteiger partial charge >= 0.3 is 6.09 Å². The van der Waals surface area contributed by atoms with E-state index in [1.807, 2.05) is 20.8 Å². The number of hydrogen-bond acceptors (Lipinski definition) is 4. The molecule has 0 aromatic heterocycles. The van der Waals surface area contributed by atoms with E-state index < -0.39 is 5.60 Å². The van der Waals surface area contributed by atoms with Gasteiger partial charge < -0.3 is 25.2 Å². The van der Waals surface area contributed by atoms with Crippen LogP contribution in [0.2, 0.25) is 0 Å². The van der Waals surface area contributed by atoms with Crippen LogP contribution >= 0.6 is 0 Å². The zero-order chi connectivity index (χ0) is 21.2. The molecule has 1 heterocycles. The van der Waals surface area contributed by atoms with Crippen LogP contribution < -0.4 is 10.6 Å². The molecular weight excluding hydrogens is 354 g/mol. The van der Waals surface area contributed by atoms with Gasteiger partial charge in [0.2, 0.25) is 0 Å². The Kier molecular flexibility index (Phi) is 10.6. The largest absolute Gasteiger partial charge is 0.444 e. The lowest BCUT2D eigenvalue weighted by Crippen LogP contribution is -2.49. The monoisotopic (exact) mass is 397 g/mol. The smallest absolute Gasteiger partial charge is 0.410 e. The molecule has 2 N–H and O–H groups in total. The van der Waals surface area contributed by atoms with Crippen LogP contribution in [0.4, 0.5) is 4.79 Å². The first kappa shape index (κ1) is 24.5. The van der Waals surface area contributed by atoms with Crippen molar-refractivity contribution < 1.29 is 9.53 Å². The predicted octanol–water partition coefficient (Wildman–Crippen LogP) is 2.92. The molecule has 1 rings (SSSR count). The Morgan fingerprint density at radius 2 is 1.93 bits per heavy atom. The molecule has 1 amide bonds. The van der Waals surface area contributed by atoms with Gasteiger partial charge in [0.1, 0.15) is 5.60 Å². The molecule has 0 saturated carbocycles. The van der Waals surface area contributed by atoms with E-state index in [9.17, 15) is 4.79 Å². The summed E-state index contributed by atoms with van der Waals surface area (Å²) in [5.74, 6) is 1.13. The highest BCUT2D eigenvalue weighted by molar-refractivity contribution is 5.80. The van der Waals surface area contributed by atoms with Gasteiger partial charge in [-0.3, -0.25) is 4.99 Å². The number of nitrogens with one attached hydrogen (secondary N) is 2. The molecule has 1 unspecified atom stereocenters. The summed E-state index contributed by atoms with van der Waals surface area (Å²) in [7, 11) is 1.78. The lowest BCUT2D eigenvalue weighted by molar-refractivity contribution is 0.0279. The first-order valence-electron chi connectivity index (χ1n) is 10.9. The fraction of sp³-hybridized carbons (Fsp3) is 0.905. The third-order valence-corrected chi connectivity index (χ3v) is 4.66. The van der Waals surface area contributed by atoms with Gasteiger partial charge in [0.25, 0.3) is 0 Å². The van der Waals surface area contributed by atoms with E-state index >= 15 is 0 Å². The van der Waals surface area contributed by atoms with E-state index in [2.05, 4.69) is 36.3 Å². The molecule has 0 aliphatic carbocycles. The summed E-state index contributed by atoms with van der Waals surface area (Å²) in [6, 6.07) is 0.477. The molecule has 0 bridgehead atoms. The summed E-state index contributed by atoms with van der Waals surface area (Å²) >= 11 is 0. The molecule has 0 radical (unpaired) electrons. The molecule has 1 fully saturated rings. The van der Waals surface area contributed by atoms with Gasteiger partial charge in [0, 0.05) is 45.8 Å². The molecule has 1 atom stereocenters. The van der Waals surface area contributed by atoms with Crippen LogP contribution in [0.1, 0.15) is 60.8 Å². The topological polar surface area (TPSA) is 69.2 Å². The van der Waals surface area contributed by atoms with Crippen LogP contribution in [-0.2, 0) is 4.74 Å². The maximum atomic E-state index is 12.1. The minimum Gasteiger partial charge on any atom is -0.444 e. The molecular formula is C21H43N5O2. The Hall–Kier alpha value is -1.50. The molecule has 7 heteroatoms. The van der Waals surface area contributed by atoms with Crippen LogP contribution in [0.5, 0.6) is 0 Å². The lowest BCUT2D eigenvalue weighted by atomic mass is 10.1. The predicted molar refractivity (Wildman–Crippen MR) is 117 cm³/mol. The Labute approximate surface area is 172 Å². The van der Waals surface area contributed by atoms with Gasteiger partial charge in [-0.1, -0.05) is 13.8 Å². The Bertz CT molecular complexity index is 482. The zero-order valence-corrected chi connectivity index (χ0v) is 19.2. The summed E-state index contributed by atoms with van der Waals surface area (Å²) < 4.78 is 5.41. The lowest BCUT2D eigenvalue weighted by Gasteiger charge is -2.33. The average Bonchev–Trinajstić information content (AvgIpc) is 2.60. The second kappa shape index (κ2) is 12.1. The quantitative estimate of drug-likeness (QED) is 0.487. The van der Waals surface area contributed by atoms with Gasteiger partial charge in [-0.2, -0.15) is 0 Å². The highest BCUT2D eigenvalue weighted by atomic mass is 16.6. The van der Waals surface area contributed by atoms with Crippen molar-refractivity contribution >= 4 is 12.1 Å². The van der Waals surface area contributed by atoms with Gasteiger partial charge in [0.15, 0.2) is 5.96 Å². The van der Waals surface area contributed by atoms with E-state index in [1.54, 1.807) is 11.9 Å². The number of rotatable bonds is 8. The second-order valence-electron chi connectivity index (χ2n) is 8.95. The zero-order valence-electron chi connectivity index (χ0n) is 19.2. The first-order chi connectivity index (χ1) is 13.1. The number of guanidine groups is 1. The SMILES string of the molecule is CCCN1CCC(NC(=NCC(C)CN(C)C(=O)OC(C)(C)C)NCC)CC1. The number of ether oxygens (including phenoxy) is 1. The molecule has 0 aromatic carbocycles. The molecule has 1 aliphatic rings. The van der Waals surface area contributed by atoms with Crippen molar-refractivity contribution in [3.8, 4) is 0 Å². The highest BCUT2D eigenvalue weighted by Crippen LogP contribution is 2.12. The summed E-state index contributed by atoms with van der Waals surface area (Å²) in [5.41, 5.74) is -0.471.